The molecule has 0 aromatic carbocycles. The van der Waals surface area contributed by atoms with Crippen molar-refractivity contribution < 1.29 is 14.6 Å². The Morgan fingerprint density at radius 2 is 1.83 bits per heavy atom. The lowest BCUT2D eigenvalue weighted by molar-refractivity contribution is -0.141. The SMILES string of the molecule is C=CC(O)C#CC#CCC=CCCCCCCCCOC(C)=O. The summed E-state index contributed by atoms with van der Waals surface area (Å²) in [6, 6.07) is 0. The zero-order chi connectivity index (χ0) is 17.2. The number of hydrogen-bond donors (Lipinski definition) is 1. The van der Waals surface area contributed by atoms with Crippen LogP contribution in [0.1, 0.15) is 58.3 Å². The second-order valence-corrected chi connectivity index (χ2v) is 5.18. The van der Waals surface area contributed by atoms with Gasteiger partial charge in [0.1, 0.15) is 6.10 Å². The first-order chi connectivity index (χ1) is 11.2. The molecule has 0 bridgehead atoms. The zero-order valence-corrected chi connectivity index (χ0v) is 14.1. The Balaban J connectivity index is 3.38. The number of esters is 1. The molecule has 1 atom stereocenters. The summed E-state index contributed by atoms with van der Waals surface area (Å²) in [7, 11) is 0. The van der Waals surface area contributed by atoms with E-state index in [-0.39, 0.29) is 5.97 Å². The predicted octanol–water partition coefficient (Wildman–Crippen LogP) is 3.78. The van der Waals surface area contributed by atoms with Gasteiger partial charge in [0.25, 0.3) is 0 Å². The molecule has 0 fully saturated rings. The summed E-state index contributed by atoms with van der Waals surface area (Å²) >= 11 is 0. The third kappa shape index (κ3) is 18.0. The molecule has 0 saturated carbocycles. The molecule has 0 aliphatic rings. The summed E-state index contributed by atoms with van der Waals surface area (Å²) in [6.45, 7) is 5.42. The van der Waals surface area contributed by atoms with Crippen LogP contribution in [-0.4, -0.2) is 23.8 Å². The van der Waals surface area contributed by atoms with Gasteiger partial charge < -0.3 is 9.84 Å². The maximum atomic E-state index is 10.6. The molecule has 3 nitrogen and oxygen atoms in total. The number of aliphatic hydroxyl groups is 1. The lowest BCUT2D eigenvalue weighted by Gasteiger charge is -2.01. The number of rotatable bonds is 11. The van der Waals surface area contributed by atoms with Gasteiger partial charge in [0.15, 0.2) is 0 Å². The number of carbonyl (C=O) groups excluding carboxylic acids is 1. The highest BCUT2D eigenvalue weighted by atomic mass is 16.5. The van der Waals surface area contributed by atoms with Gasteiger partial charge in [0.05, 0.1) is 6.61 Å². The van der Waals surface area contributed by atoms with Crippen molar-refractivity contribution in [3.8, 4) is 23.7 Å². The smallest absolute Gasteiger partial charge is 0.302 e. The van der Waals surface area contributed by atoms with Gasteiger partial charge in [0, 0.05) is 13.3 Å². The number of hydrogen-bond acceptors (Lipinski definition) is 3. The van der Waals surface area contributed by atoms with E-state index >= 15 is 0 Å². The van der Waals surface area contributed by atoms with E-state index in [1.54, 1.807) is 0 Å². The summed E-state index contributed by atoms with van der Waals surface area (Å²) in [5.41, 5.74) is 0. The van der Waals surface area contributed by atoms with Crippen molar-refractivity contribution in [3.63, 3.8) is 0 Å². The molecule has 0 heterocycles. The Hall–Kier alpha value is -1.97. The summed E-state index contributed by atoms with van der Waals surface area (Å²) in [4.78, 5) is 10.6. The van der Waals surface area contributed by atoms with Crippen LogP contribution >= 0.6 is 0 Å². The van der Waals surface area contributed by atoms with Crippen LogP contribution in [0.15, 0.2) is 24.8 Å². The highest BCUT2D eigenvalue weighted by Gasteiger charge is 1.93. The molecular formula is C20H28O3. The van der Waals surface area contributed by atoms with Crippen LogP contribution in [0.3, 0.4) is 0 Å². The summed E-state index contributed by atoms with van der Waals surface area (Å²) in [5.74, 6) is 10.5. The number of aliphatic hydroxyl groups excluding tert-OH is 1. The van der Waals surface area contributed by atoms with E-state index in [0.717, 1.165) is 19.3 Å². The molecule has 0 amide bonds. The molecule has 0 spiro atoms. The molecule has 1 N–H and O–H groups in total. The predicted molar refractivity (Wildman–Crippen MR) is 94.5 cm³/mol. The molecule has 0 aliphatic heterocycles. The van der Waals surface area contributed by atoms with Crippen molar-refractivity contribution >= 4 is 5.97 Å². The fourth-order valence-corrected chi connectivity index (χ4v) is 1.81. The van der Waals surface area contributed by atoms with Crippen molar-refractivity contribution in [2.75, 3.05) is 6.61 Å². The Morgan fingerprint density at radius 1 is 1.13 bits per heavy atom. The largest absolute Gasteiger partial charge is 0.466 e. The molecule has 0 aliphatic carbocycles. The number of carbonyl (C=O) groups is 1. The summed E-state index contributed by atoms with van der Waals surface area (Å²) in [6.07, 6.45) is 13.5. The summed E-state index contributed by atoms with van der Waals surface area (Å²) < 4.78 is 4.88. The minimum absolute atomic E-state index is 0.192. The fraction of sp³-hybridized carbons (Fsp3) is 0.550. The number of allylic oxidation sites excluding steroid dienone is 2. The average Bonchev–Trinajstić information content (AvgIpc) is 2.53. The van der Waals surface area contributed by atoms with Crippen LogP contribution < -0.4 is 0 Å². The van der Waals surface area contributed by atoms with Crippen LogP contribution in [-0.2, 0) is 9.53 Å². The maximum absolute atomic E-state index is 10.6. The van der Waals surface area contributed by atoms with Crippen molar-refractivity contribution in [2.45, 2.75) is 64.4 Å². The number of unbranched alkanes of at least 4 members (excludes halogenated alkanes) is 6. The topological polar surface area (TPSA) is 46.5 Å². The standard InChI is InChI=1S/C20H28O3/c1-3-20(22)17-15-13-11-9-7-5-4-6-8-10-12-14-16-18-23-19(2)21/h3,5,7,20,22H,1,4,6,8-10,12,14,16,18H2,2H3. The second-order valence-electron chi connectivity index (χ2n) is 5.18. The maximum Gasteiger partial charge on any atom is 0.302 e. The first-order valence-electron chi connectivity index (χ1n) is 8.24. The van der Waals surface area contributed by atoms with Gasteiger partial charge in [-0.2, -0.15) is 0 Å². The van der Waals surface area contributed by atoms with E-state index in [0.29, 0.717) is 13.0 Å². The Labute approximate surface area is 140 Å². The van der Waals surface area contributed by atoms with Crippen LogP contribution in [0.25, 0.3) is 0 Å². The third-order valence-corrected chi connectivity index (χ3v) is 3.05. The van der Waals surface area contributed by atoms with Crippen molar-refractivity contribution in [3.05, 3.63) is 24.8 Å². The normalized spacial score (nSPS) is 11.0. The highest BCUT2D eigenvalue weighted by molar-refractivity contribution is 5.65. The zero-order valence-electron chi connectivity index (χ0n) is 14.1. The van der Waals surface area contributed by atoms with Gasteiger partial charge in [-0.25, -0.2) is 0 Å². The molecule has 0 saturated heterocycles. The molecule has 126 valence electrons. The molecular weight excluding hydrogens is 288 g/mol. The van der Waals surface area contributed by atoms with Gasteiger partial charge in [-0.1, -0.05) is 62.3 Å². The first-order valence-corrected chi connectivity index (χ1v) is 8.24. The fourth-order valence-electron chi connectivity index (χ4n) is 1.81. The van der Waals surface area contributed by atoms with Gasteiger partial charge in [-0.3, -0.25) is 4.79 Å². The Morgan fingerprint density at radius 3 is 2.52 bits per heavy atom. The second kappa shape index (κ2) is 16.4. The van der Waals surface area contributed by atoms with E-state index in [4.69, 9.17) is 9.84 Å². The lowest BCUT2D eigenvalue weighted by Crippen LogP contribution is -1.99. The lowest BCUT2D eigenvalue weighted by atomic mass is 10.1. The van der Waals surface area contributed by atoms with Gasteiger partial charge in [-0.15, -0.1) is 0 Å². The molecule has 0 radical (unpaired) electrons. The molecule has 23 heavy (non-hydrogen) atoms. The van der Waals surface area contributed by atoms with E-state index in [9.17, 15) is 4.79 Å². The molecule has 1 unspecified atom stereocenters. The van der Waals surface area contributed by atoms with Crippen molar-refractivity contribution in [1.82, 2.24) is 0 Å². The molecule has 0 aromatic rings. The van der Waals surface area contributed by atoms with Crippen molar-refractivity contribution in [1.29, 1.82) is 0 Å². The number of ether oxygens (including phenoxy) is 1. The van der Waals surface area contributed by atoms with Crippen LogP contribution in [0.5, 0.6) is 0 Å². The van der Waals surface area contributed by atoms with Crippen LogP contribution in [0.2, 0.25) is 0 Å². The van der Waals surface area contributed by atoms with Crippen molar-refractivity contribution in [2.24, 2.45) is 0 Å². The third-order valence-electron chi connectivity index (χ3n) is 3.05. The molecule has 0 rings (SSSR count). The van der Waals surface area contributed by atoms with Gasteiger partial charge in [-0.05, 0) is 31.1 Å². The minimum Gasteiger partial charge on any atom is -0.466 e. The van der Waals surface area contributed by atoms with Crippen LogP contribution in [0.4, 0.5) is 0 Å². The van der Waals surface area contributed by atoms with E-state index in [1.165, 1.54) is 38.7 Å². The van der Waals surface area contributed by atoms with E-state index in [2.05, 4.69) is 42.4 Å². The quantitative estimate of drug-likeness (QED) is 0.273. The van der Waals surface area contributed by atoms with E-state index in [1.807, 2.05) is 0 Å². The van der Waals surface area contributed by atoms with E-state index < -0.39 is 6.10 Å². The Bertz CT molecular complexity index is 469. The monoisotopic (exact) mass is 316 g/mol. The first kappa shape index (κ1) is 21.0. The minimum atomic E-state index is -0.790. The molecule has 3 heteroatoms. The highest BCUT2D eigenvalue weighted by Crippen LogP contribution is 2.07. The van der Waals surface area contributed by atoms with Crippen LogP contribution in [0, 0.1) is 23.7 Å². The van der Waals surface area contributed by atoms with Gasteiger partial charge in [0.2, 0.25) is 0 Å². The average molecular weight is 316 g/mol. The Kier molecular flexibility index (Phi) is 15.0. The summed E-state index contributed by atoms with van der Waals surface area (Å²) in [5, 5.41) is 9.09. The van der Waals surface area contributed by atoms with Gasteiger partial charge >= 0.3 is 5.97 Å². The molecule has 0 aromatic heterocycles.